The molecule has 0 radical (unpaired) electrons. The number of aromatic nitrogens is 2. The largest absolute Gasteiger partial charge is 0.326 e. The number of aryl methyl sites for hydroxylation is 2. The van der Waals surface area contributed by atoms with Gasteiger partial charge in [0.05, 0.1) is 17.2 Å². The Morgan fingerprint density at radius 2 is 1.87 bits per heavy atom. The monoisotopic (exact) mass is 419 g/mol. The van der Waals surface area contributed by atoms with Crippen LogP contribution in [0.15, 0.2) is 53.6 Å². The maximum absolute atomic E-state index is 12.6. The molecule has 158 valence electrons. The van der Waals surface area contributed by atoms with Gasteiger partial charge in [-0.25, -0.2) is 9.78 Å². The Kier molecular flexibility index (Phi) is 5.02. The van der Waals surface area contributed by atoms with Crippen LogP contribution in [0.25, 0.3) is 10.9 Å². The van der Waals surface area contributed by atoms with Crippen LogP contribution >= 0.6 is 0 Å². The van der Waals surface area contributed by atoms with Crippen LogP contribution in [-0.4, -0.2) is 27.4 Å². The highest BCUT2D eigenvalue weighted by Crippen LogP contribution is 2.25. The van der Waals surface area contributed by atoms with Crippen molar-refractivity contribution in [3.8, 4) is 0 Å². The number of rotatable bonds is 5. The number of carbonyl (C=O) groups is 3. The Balaban J connectivity index is 1.41. The van der Waals surface area contributed by atoms with Gasteiger partial charge in [-0.2, -0.15) is 0 Å². The maximum atomic E-state index is 12.6. The Bertz CT molecular complexity index is 1270. The van der Waals surface area contributed by atoms with E-state index in [1.807, 2.05) is 19.1 Å². The smallest absolute Gasteiger partial charge is 0.322 e. The molecule has 1 atom stereocenters. The van der Waals surface area contributed by atoms with Crippen LogP contribution in [0.3, 0.4) is 0 Å². The zero-order valence-corrected chi connectivity index (χ0v) is 17.1. The van der Waals surface area contributed by atoms with Crippen LogP contribution in [0.2, 0.25) is 0 Å². The number of hydrogen-bond donors (Lipinski definition) is 3. The van der Waals surface area contributed by atoms with Gasteiger partial charge >= 0.3 is 6.03 Å². The standard InChI is InChI=1S/C22H21N5O4/c1-13-4-3-5-16-18(13)23-12-27(19(16)29)11-10-17(28)24-15-8-6-14(7-9-15)22(2)20(30)25-21(31)26-22/h3-9,12H,10-11H2,1-2H3,(H,24,28)(H2,25,26,30,31). The Labute approximate surface area is 177 Å². The third-order valence-corrected chi connectivity index (χ3v) is 5.43. The number of benzene rings is 2. The number of nitrogens with one attached hydrogen (secondary N) is 3. The Hall–Kier alpha value is -4.01. The average molecular weight is 419 g/mol. The van der Waals surface area contributed by atoms with E-state index in [-0.39, 0.29) is 24.4 Å². The molecule has 1 aliphatic rings. The topological polar surface area (TPSA) is 122 Å². The zero-order valence-electron chi connectivity index (χ0n) is 17.1. The lowest BCUT2D eigenvalue weighted by atomic mass is 9.92. The number of nitrogens with zero attached hydrogens (tertiary/aromatic N) is 2. The summed E-state index contributed by atoms with van der Waals surface area (Å²) in [5.74, 6) is -0.693. The van der Waals surface area contributed by atoms with Gasteiger partial charge in [0.25, 0.3) is 11.5 Å². The first-order valence-electron chi connectivity index (χ1n) is 9.77. The second-order valence-electron chi connectivity index (χ2n) is 7.62. The van der Waals surface area contributed by atoms with Crippen molar-refractivity contribution in [2.45, 2.75) is 32.4 Å². The molecule has 1 unspecified atom stereocenters. The summed E-state index contributed by atoms with van der Waals surface area (Å²) in [6.07, 6.45) is 1.55. The van der Waals surface area contributed by atoms with Crippen molar-refractivity contribution in [2.75, 3.05) is 5.32 Å². The molecule has 0 spiro atoms. The molecule has 1 fully saturated rings. The van der Waals surface area contributed by atoms with Gasteiger partial charge in [0.2, 0.25) is 5.91 Å². The summed E-state index contributed by atoms with van der Waals surface area (Å²) < 4.78 is 1.42. The minimum Gasteiger partial charge on any atom is -0.326 e. The molecule has 0 saturated carbocycles. The number of anilines is 1. The quantitative estimate of drug-likeness (QED) is 0.544. The van der Waals surface area contributed by atoms with Gasteiger partial charge in [-0.1, -0.05) is 24.3 Å². The lowest BCUT2D eigenvalue weighted by molar-refractivity contribution is -0.123. The fourth-order valence-corrected chi connectivity index (χ4v) is 3.58. The Morgan fingerprint density at radius 1 is 1.13 bits per heavy atom. The first-order valence-corrected chi connectivity index (χ1v) is 9.77. The van der Waals surface area contributed by atoms with Crippen LogP contribution < -0.4 is 21.5 Å². The molecule has 0 aliphatic carbocycles. The minimum atomic E-state index is -1.15. The molecule has 9 nitrogen and oxygen atoms in total. The first-order chi connectivity index (χ1) is 14.8. The number of urea groups is 1. The second-order valence-corrected chi connectivity index (χ2v) is 7.62. The van der Waals surface area contributed by atoms with Crippen molar-refractivity contribution in [1.29, 1.82) is 0 Å². The third-order valence-electron chi connectivity index (χ3n) is 5.43. The molecule has 31 heavy (non-hydrogen) atoms. The molecule has 0 bridgehead atoms. The highest BCUT2D eigenvalue weighted by molar-refractivity contribution is 6.07. The van der Waals surface area contributed by atoms with Gasteiger partial charge in [0.1, 0.15) is 5.54 Å². The third kappa shape index (κ3) is 3.77. The van der Waals surface area contributed by atoms with Crippen molar-refractivity contribution in [3.63, 3.8) is 0 Å². The highest BCUT2D eigenvalue weighted by atomic mass is 16.2. The molecular formula is C22H21N5O4. The molecule has 9 heteroatoms. The van der Waals surface area contributed by atoms with E-state index in [0.29, 0.717) is 22.2 Å². The molecular weight excluding hydrogens is 398 g/mol. The van der Waals surface area contributed by atoms with E-state index < -0.39 is 17.5 Å². The van der Waals surface area contributed by atoms with Crippen LogP contribution in [-0.2, 0) is 21.7 Å². The van der Waals surface area contributed by atoms with Gasteiger partial charge < -0.3 is 10.6 Å². The number of para-hydroxylation sites is 1. The molecule has 2 aromatic carbocycles. The lowest BCUT2D eigenvalue weighted by Gasteiger charge is -2.21. The summed E-state index contributed by atoms with van der Waals surface area (Å²) in [6.45, 7) is 3.70. The zero-order chi connectivity index (χ0) is 22.2. The fraction of sp³-hybridized carbons (Fsp3) is 0.227. The van der Waals surface area contributed by atoms with Crippen LogP contribution in [0.1, 0.15) is 24.5 Å². The highest BCUT2D eigenvalue weighted by Gasteiger charge is 2.43. The molecule has 4 rings (SSSR count). The number of imide groups is 1. The van der Waals surface area contributed by atoms with E-state index in [2.05, 4.69) is 20.9 Å². The fourth-order valence-electron chi connectivity index (χ4n) is 3.58. The van der Waals surface area contributed by atoms with E-state index in [1.54, 1.807) is 37.3 Å². The number of fused-ring (bicyclic) bond motifs is 1. The number of carbonyl (C=O) groups excluding carboxylic acids is 3. The van der Waals surface area contributed by atoms with Gasteiger partial charge in [0, 0.05) is 18.7 Å². The van der Waals surface area contributed by atoms with Gasteiger partial charge in [-0.3, -0.25) is 24.3 Å². The van der Waals surface area contributed by atoms with Gasteiger partial charge in [-0.15, -0.1) is 0 Å². The summed E-state index contributed by atoms with van der Waals surface area (Å²) in [5, 5.41) is 8.09. The van der Waals surface area contributed by atoms with E-state index >= 15 is 0 Å². The molecule has 4 amide bonds. The summed E-state index contributed by atoms with van der Waals surface area (Å²) in [4.78, 5) is 52.8. The van der Waals surface area contributed by atoms with E-state index in [9.17, 15) is 19.2 Å². The van der Waals surface area contributed by atoms with Crippen molar-refractivity contribution < 1.29 is 14.4 Å². The summed E-state index contributed by atoms with van der Waals surface area (Å²) >= 11 is 0. The van der Waals surface area contributed by atoms with E-state index in [4.69, 9.17) is 0 Å². The van der Waals surface area contributed by atoms with E-state index in [0.717, 1.165) is 5.56 Å². The van der Waals surface area contributed by atoms with Crippen LogP contribution in [0.4, 0.5) is 10.5 Å². The summed E-state index contributed by atoms with van der Waals surface area (Å²) in [5.41, 5.74) is 1.39. The number of amides is 4. The van der Waals surface area contributed by atoms with Crippen LogP contribution in [0.5, 0.6) is 0 Å². The summed E-state index contributed by atoms with van der Waals surface area (Å²) in [6, 6.07) is 11.5. The molecule has 3 N–H and O–H groups in total. The van der Waals surface area contributed by atoms with Crippen LogP contribution in [0, 0.1) is 6.92 Å². The molecule has 2 heterocycles. The SMILES string of the molecule is Cc1cccc2c(=O)n(CCC(=O)Nc3ccc(C4(C)NC(=O)NC4=O)cc3)cnc12. The van der Waals surface area contributed by atoms with E-state index in [1.165, 1.54) is 10.9 Å². The van der Waals surface area contributed by atoms with Crippen molar-refractivity contribution in [2.24, 2.45) is 0 Å². The summed E-state index contributed by atoms with van der Waals surface area (Å²) in [7, 11) is 0. The molecule has 1 aliphatic heterocycles. The van der Waals surface area contributed by atoms with Gasteiger partial charge in [-0.05, 0) is 43.2 Å². The average Bonchev–Trinajstić information content (AvgIpc) is 3.01. The normalized spacial score (nSPS) is 18.0. The molecule has 3 aromatic rings. The minimum absolute atomic E-state index is 0.0941. The molecule has 1 aromatic heterocycles. The number of hydrogen-bond acceptors (Lipinski definition) is 5. The lowest BCUT2D eigenvalue weighted by Crippen LogP contribution is -2.40. The predicted molar refractivity (Wildman–Crippen MR) is 114 cm³/mol. The first kappa shape index (κ1) is 20.3. The van der Waals surface area contributed by atoms with Crippen molar-refractivity contribution >= 4 is 34.4 Å². The van der Waals surface area contributed by atoms with Gasteiger partial charge in [0.15, 0.2) is 0 Å². The second kappa shape index (κ2) is 7.67. The Morgan fingerprint density at radius 3 is 2.55 bits per heavy atom. The predicted octanol–water partition coefficient (Wildman–Crippen LogP) is 1.79. The maximum Gasteiger partial charge on any atom is 0.322 e. The molecule has 1 saturated heterocycles. The van der Waals surface area contributed by atoms with Crippen molar-refractivity contribution in [3.05, 3.63) is 70.3 Å². The van der Waals surface area contributed by atoms with Crippen molar-refractivity contribution in [1.82, 2.24) is 20.2 Å².